The van der Waals surface area contributed by atoms with Crippen LogP contribution in [-0.2, 0) is 0 Å². The van der Waals surface area contributed by atoms with E-state index >= 15 is 0 Å². The van der Waals surface area contributed by atoms with E-state index in [1.807, 2.05) is 61.5 Å². The predicted octanol–water partition coefficient (Wildman–Crippen LogP) is 3.38. The van der Waals surface area contributed by atoms with Gasteiger partial charge in [0.25, 0.3) is 0 Å². The number of rotatable bonds is 3. The minimum absolute atomic E-state index is 0.103. The van der Waals surface area contributed by atoms with Crippen LogP contribution in [0.25, 0.3) is 0 Å². The Morgan fingerprint density at radius 1 is 1.11 bits per heavy atom. The molecule has 0 aromatic heterocycles. The van der Waals surface area contributed by atoms with Gasteiger partial charge in [0.05, 0.1) is 0 Å². The molecule has 0 aliphatic heterocycles. The molecule has 0 saturated heterocycles. The van der Waals surface area contributed by atoms with Gasteiger partial charge in [0.2, 0.25) is 0 Å². The highest BCUT2D eigenvalue weighted by atomic mass is 32.1. The standard InChI is InChI=1S/C9H13N3.C6H6S/c1-2-12-8-6-4-3-5-7(8)9(10)11;7-6-4-2-1-3-5-6/h3-6,12H,2H2,1H3,(H3,10,11);1-5,7H. The second-order valence-electron chi connectivity index (χ2n) is 3.83. The average Bonchev–Trinajstić information content (AvgIpc) is 2.41. The van der Waals surface area contributed by atoms with Gasteiger partial charge < -0.3 is 11.1 Å². The van der Waals surface area contributed by atoms with E-state index in [0.717, 1.165) is 22.7 Å². The molecule has 0 atom stereocenters. The summed E-state index contributed by atoms with van der Waals surface area (Å²) in [6, 6.07) is 17.3. The fourth-order valence-corrected chi connectivity index (χ4v) is 1.66. The molecule has 3 nitrogen and oxygen atoms in total. The fraction of sp³-hybridized carbons (Fsp3) is 0.133. The maximum Gasteiger partial charge on any atom is 0.124 e. The molecule has 0 aliphatic rings. The average molecular weight is 273 g/mol. The summed E-state index contributed by atoms with van der Waals surface area (Å²) in [4.78, 5) is 1.02. The molecule has 0 radical (unpaired) electrons. The minimum Gasteiger partial charge on any atom is -0.385 e. The second-order valence-corrected chi connectivity index (χ2v) is 4.34. The molecule has 0 amide bonds. The summed E-state index contributed by atoms with van der Waals surface area (Å²) in [6.45, 7) is 2.85. The Hall–Kier alpha value is -1.94. The number of amidine groups is 1. The number of hydrogen-bond acceptors (Lipinski definition) is 3. The van der Waals surface area contributed by atoms with Gasteiger partial charge in [-0.3, -0.25) is 5.41 Å². The fourth-order valence-electron chi connectivity index (χ4n) is 1.49. The molecule has 0 bridgehead atoms. The molecule has 2 rings (SSSR count). The zero-order valence-electron chi connectivity index (χ0n) is 10.9. The third-order valence-corrected chi connectivity index (χ3v) is 2.64. The van der Waals surface area contributed by atoms with E-state index in [1.54, 1.807) is 0 Å². The van der Waals surface area contributed by atoms with Gasteiger partial charge in [-0.25, -0.2) is 0 Å². The zero-order chi connectivity index (χ0) is 14.1. The number of hydrogen-bond donors (Lipinski definition) is 4. The van der Waals surface area contributed by atoms with Crippen LogP contribution in [0.4, 0.5) is 5.69 Å². The summed E-state index contributed by atoms with van der Waals surface area (Å²) < 4.78 is 0. The second kappa shape index (κ2) is 8.21. The lowest BCUT2D eigenvalue weighted by atomic mass is 10.1. The SMILES string of the molecule is CCNc1ccccc1C(=N)N.Sc1ccccc1. The molecule has 0 aliphatic carbocycles. The van der Waals surface area contributed by atoms with E-state index in [-0.39, 0.29) is 5.84 Å². The summed E-state index contributed by atoms with van der Waals surface area (Å²) in [7, 11) is 0. The van der Waals surface area contributed by atoms with Crippen LogP contribution in [0.5, 0.6) is 0 Å². The molecular formula is C15H19N3S. The molecule has 0 heterocycles. The summed E-state index contributed by atoms with van der Waals surface area (Å²) in [5.41, 5.74) is 7.08. The van der Waals surface area contributed by atoms with Crippen molar-refractivity contribution in [1.82, 2.24) is 0 Å². The van der Waals surface area contributed by atoms with Crippen LogP contribution < -0.4 is 11.1 Å². The van der Waals surface area contributed by atoms with Crippen molar-refractivity contribution in [3.8, 4) is 0 Å². The van der Waals surface area contributed by atoms with Gasteiger partial charge in [0.15, 0.2) is 0 Å². The zero-order valence-corrected chi connectivity index (χ0v) is 11.8. The van der Waals surface area contributed by atoms with Crippen molar-refractivity contribution in [3.05, 3.63) is 60.2 Å². The van der Waals surface area contributed by atoms with Crippen molar-refractivity contribution in [1.29, 1.82) is 5.41 Å². The Balaban J connectivity index is 0.000000218. The first-order valence-electron chi connectivity index (χ1n) is 6.06. The predicted molar refractivity (Wildman–Crippen MR) is 85.3 cm³/mol. The van der Waals surface area contributed by atoms with E-state index in [0.29, 0.717) is 0 Å². The molecule has 2 aromatic carbocycles. The Bertz CT molecular complexity index is 512. The number of nitrogen functional groups attached to an aromatic ring is 1. The van der Waals surface area contributed by atoms with Crippen LogP contribution >= 0.6 is 12.6 Å². The molecule has 0 saturated carbocycles. The Morgan fingerprint density at radius 3 is 2.16 bits per heavy atom. The monoisotopic (exact) mass is 273 g/mol. The maximum absolute atomic E-state index is 7.29. The number of nitrogens with one attached hydrogen (secondary N) is 2. The van der Waals surface area contributed by atoms with Crippen LogP contribution in [0.15, 0.2) is 59.5 Å². The van der Waals surface area contributed by atoms with Crippen molar-refractivity contribution in [2.45, 2.75) is 11.8 Å². The van der Waals surface area contributed by atoms with E-state index in [1.165, 1.54) is 0 Å². The van der Waals surface area contributed by atoms with Gasteiger partial charge in [0, 0.05) is 22.7 Å². The molecule has 4 heteroatoms. The molecule has 100 valence electrons. The van der Waals surface area contributed by atoms with Gasteiger partial charge >= 0.3 is 0 Å². The van der Waals surface area contributed by atoms with Crippen LogP contribution in [-0.4, -0.2) is 12.4 Å². The highest BCUT2D eigenvalue weighted by molar-refractivity contribution is 7.80. The van der Waals surface area contributed by atoms with E-state index < -0.39 is 0 Å². The van der Waals surface area contributed by atoms with E-state index in [4.69, 9.17) is 11.1 Å². The lowest BCUT2D eigenvalue weighted by Gasteiger charge is -2.07. The highest BCUT2D eigenvalue weighted by Crippen LogP contribution is 2.13. The summed E-state index contributed by atoms with van der Waals surface area (Å²) in [5, 5.41) is 10.4. The molecule has 2 aromatic rings. The van der Waals surface area contributed by atoms with Gasteiger partial charge in [-0.1, -0.05) is 30.3 Å². The van der Waals surface area contributed by atoms with E-state index in [9.17, 15) is 0 Å². The van der Waals surface area contributed by atoms with Crippen molar-refractivity contribution < 1.29 is 0 Å². The summed E-state index contributed by atoms with van der Waals surface area (Å²) in [5.74, 6) is 0.103. The molecule has 4 N–H and O–H groups in total. The Labute approximate surface area is 119 Å². The van der Waals surface area contributed by atoms with Crippen molar-refractivity contribution in [3.63, 3.8) is 0 Å². The summed E-state index contributed by atoms with van der Waals surface area (Å²) >= 11 is 4.08. The molecule has 19 heavy (non-hydrogen) atoms. The Morgan fingerprint density at radius 2 is 1.68 bits per heavy atom. The normalized spacial score (nSPS) is 9.16. The quantitative estimate of drug-likeness (QED) is 0.393. The van der Waals surface area contributed by atoms with Gasteiger partial charge in [-0.05, 0) is 31.2 Å². The number of benzene rings is 2. The molecule has 0 spiro atoms. The van der Waals surface area contributed by atoms with Crippen LogP contribution in [0, 0.1) is 5.41 Å². The molecule has 0 fully saturated rings. The number of nitrogens with two attached hydrogens (primary N) is 1. The third kappa shape index (κ3) is 5.48. The number of anilines is 1. The number of para-hydroxylation sites is 1. The number of thiol groups is 1. The smallest absolute Gasteiger partial charge is 0.124 e. The highest BCUT2D eigenvalue weighted by Gasteiger charge is 2.01. The largest absolute Gasteiger partial charge is 0.385 e. The molecular weight excluding hydrogens is 254 g/mol. The van der Waals surface area contributed by atoms with Crippen LogP contribution in [0.3, 0.4) is 0 Å². The van der Waals surface area contributed by atoms with Crippen molar-refractivity contribution in [2.75, 3.05) is 11.9 Å². The first kappa shape index (κ1) is 15.1. The molecule has 0 unspecified atom stereocenters. The lowest BCUT2D eigenvalue weighted by Crippen LogP contribution is -2.14. The Kier molecular flexibility index (Phi) is 6.53. The van der Waals surface area contributed by atoms with Crippen LogP contribution in [0.2, 0.25) is 0 Å². The maximum atomic E-state index is 7.29. The van der Waals surface area contributed by atoms with E-state index in [2.05, 4.69) is 17.9 Å². The van der Waals surface area contributed by atoms with Crippen molar-refractivity contribution in [2.24, 2.45) is 5.73 Å². The summed E-state index contributed by atoms with van der Waals surface area (Å²) in [6.07, 6.45) is 0. The third-order valence-electron chi connectivity index (χ3n) is 2.34. The van der Waals surface area contributed by atoms with Crippen molar-refractivity contribution >= 4 is 24.2 Å². The first-order chi connectivity index (χ1) is 9.15. The lowest BCUT2D eigenvalue weighted by molar-refractivity contribution is 1.21. The topological polar surface area (TPSA) is 61.9 Å². The van der Waals surface area contributed by atoms with Gasteiger partial charge in [0.1, 0.15) is 5.84 Å². The first-order valence-corrected chi connectivity index (χ1v) is 6.51. The van der Waals surface area contributed by atoms with Gasteiger partial charge in [-0.2, -0.15) is 0 Å². The minimum atomic E-state index is 0.103. The van der Waals surface area contributed by atoms with Gasteiger partial charge in [-0.15, -0.1) is 12.6 Å². The van der Waals surface area contributed by atoms with Crippen LogP contribution in [0.1, 0.15) is 12.5 Å².